The Balaban J connectivity index is 1.80. The number of amides is 2. The highest BCUT2D eigenvalue weighted by atomic mass is 35.5. The van der Waals surface area contributed by atoms with Gasteiger partial charge in [-0.05, 0) is 20.8 Å². The van der Waals surface area contributed by atoms with Gasteiger partial charge in [-0.2, -0.15) is 15.3 Å². The highest BCUT2D eigenvalue weighted by molar-refractivity contribution is 6.31. The SMILES string of the molecule is Cc1c(NC(=O)c2c(NC(=O)C(C)n3ncc(Cl)c3C)cnn2C)cnn1C. The quantitative estimate of drug-likeness (QED) is 0.676. The number of nitrogens with zero attached hydrogens (tertiary/aromatic N) is 6. The van der Waals surface area contributed by atoms with Crippen LogP contribution in [0.2, 0.25) is 5.02 Å². The lowest BCUT2D eigenvalue weighted by atomic mass is 10.2. The van der Waals surface area contributed by atoms with Crippen molar-refractivity contribution >= 4 is 34.8 Å². The summed E-state index contributed by atoms with van der Waals surface area (Å²) in [7, 11) is 3.41. The van der Waals surface area contributed by atoms with E-state index < -0.39 is 11.9 Å². The summed E-state index contributed by atoms with van der Waals surface area (Å²) in [5.74, 6) is -0.750. The van der Waals surface area contributed by atoms with Crippen molar-refractivity contribution in [2.24, 2.45) is 14.1 Å². The van der Waals surface area contributed by atoms with Crippen LogP contribution in [-0.2, 0) is 18.9 Å². The second kappa shape index (κ2) is 7.47. The summed E-state index contributed by atoms with van der Waals surface area (Å²) >= 11 is 6.01. The van der Waals surface area contributed by atoms with Crippen molar-refractivity contribution in [2.75, 3.05) is 10.6 Å². The fourth-order valence-corrected chi connectivity index (χ4v) is 2.87. The molecule has 3 aromatic rings. The van der Waals surface area contributed by atoms with Crippen molar-refractivity contribution in [1.82, 2.24) is 29.3 Å². The molecule has 10 nitrogen and oxygen atoms in total. The number of hydrogen-bond donors (Lipinski definition) is 2. The molecule has 28 heavy (non-hydrogen) atoms. The van der Waals surface area contributed by atoms with E-state index in [1.165, 1.54) is 21.8 Å². The van der Waals surface area contributed by atoms with E-state index in [2.05, 4.69) is 25.9 Å². The van der Waals surface area contributed by atoms with E-state index in [9.17, 15) is 9.59 Å². The summed E-state index contributed by atoms with van der Waals surface area (Å²) in [4.78, 5) is 25.4. The Bertz CT molecular complexity index is 1050. The van der Waals surface area contributed by atoms with Gasteiger partial charge >= 0.3 is 0 Å². The lowest BCUT2D eigenvalue weighted by Gasteiger charge is -2.15. The van der Waals surface area contributed by atoms with Crippen LogP contribution in [0.1, 0.15) is 34.8 Å². The number of halogens is 1. The van der Waals surface area contributed by atoms with Crippen molar-refractivity contribution < 1.29 is 9.59 Å². The molecule has 148 valence electrons. The number of rotatable bonds is 5. The number of aromatic nitrogens is 6. The standard InChI is InChI=1S/C17H21ClN8O2/c1-9-12(18)6-21-26(9)11(3)16(27)23-14-8-20-25(5)15(14)17(28)22-13-7-19-24(4)10(13)2/h6-8,11H,1-5H3,(H,22,28)(H,23,27). The number of nitrogens with one attached hydrogen (secondary N) is 2. The van der Waals surface area contributed by atoms with E-state index in [-0.39, 0.29) is 11.6 Å². The van der Waals surface area contributed by atoms with E-state index in [0.717, 1.165) is 5.69 Å². The summed E-state index contributed by atoms with van der Waals surface area (Å²) in [5, 5.41) is 18.3. The van der Waals surface area contributed by atoms with Gasteiger partial charge in [0.2, 0.25) is 5.91 Å². The predicted octanol–water partition coefficient (Wildman–Crippen LogP) is 2.07. The number of carbonyl (C=O) groups excluding carboxylic acids is 2. The molecule has 3 rings (SSSR count). The van der Waals surface area contributed by atoms with E-state index in [0.29, 0.717) is 22.1 Å². The molecule has 0 spiro atoms. The molecule has 0 saturated heterocycles. The second-order valence-electron chi connectivity index (χ2n) is 6.44. The number of carbonyl (C=O) groups is 2. The Hall–Kier alpha value is -3.14. The van der Waals surface area contributed by atoms with E-state index in [4.69, 9.17) is 11.6 Å². The number of hydrogen-bond acceptors (Lipinski definition) is 5. The van der Waals surface area contributed by atoms with Crippen LogP contribution in [0.5, 0.6) is 0 Å². The van der Waals surface area contributed by atoms with Gasteiger partial charge in [0.15, 0.2) is 0 Å². The maximum atomic E-state index is 12.8. The molecule has 1 atom stereocenters. The first-order valence-electron chi connectivity index (χ1n) is 8.53. The van der Waals surface area contributed by atoms with E-state index in [1.807, 2.05) is 6.92 Å². The summed E-state index contributed by atoms with van der Waals surface area (Å²) in [5.41, 5.74) is 2.59. The molecule has 3 aromatic heterocycles. The molecule has 0 aromatic carbocycles. The smallest absolute Gasteiger partial charge is 0.276 e. The molecule has 0 aliphatic carbocycles. The average molecular weight is 405 g/mol. The monoisotopic (exact) mass is 404 g/mol. The molecular weight excluding hydrogens is 384 g/mol. The Kier molecular flexibility index (Phi) is 5.23. The topological polar surface area (TPSA) is 112 Å². The van der Waals surface area contributed by atoms with Crippen LogP contribution in [-0.4, -0.2) is 41.2 Å². The van der Waals surface area contributed by atoms with Gasteiger partial charge in [-0.15, -0.1) is 0 Å². The maximum absolute atomic E-state index is 12.8. The fourth-order valence-electron chi connectivity index (χ4n) is 2.74. The Morgan fingerprint density at radius 3 is 2.18 bits per heavy atom. The van der Waals surface area contributed by atoms with Crippen molar-refractivity contribution in [3.63, 3.8) is 0 Å². The Labute approximate surface area is 166 Å². The molecule has 2 amide bonds. The van der Waals surface area contributed by atoms with Gasteiger partial charge in [0.05, 0.1) is 46.4 Å². The van der Waals surface area contributed by atoms with Gasteiger partial charge in [-0.25, -0.2) is 0 Å². The third-order valence-electron chi connectivity index (χ3n) is 4.63. The number of aryl methyl sites for hydroxylation is 2. The first-order valence-corrected chi connectivity index (χ1v) is 8.91. The van der Waals surface area contributed by atoms with Crippen molar-refractivity contribution in [3.8, 4) is 0 Å². The molecule has 0 bridgehead atoms. The van der Waals surface area contributed by atoms with Gasteiger partial charge in [-0.3, -0.25) is 23.6 Å². The molecule has 0 fully saturated rings. The first kappa shape index (κ1) is 19.6. The summed E-state index contributed by atoms with van der Waals surface area (Å²) in [6.07, 6.45) is 4.48. The van der Waals surface area contributed by atoms with Gasteiger partial charge < -0.3 is 10.6 Å². The number of anilines is 2. The normalized spacial score (nSPS) is 12.1. The van der Waals surface area contributed by atoms with E-state index in [1.54, 1.807) is 38.8 Å². The highest BCUT2D eigenvalue weighted by Gasteiger charge is 2.24. The maximum Gasteiger partial charge on any atom is 0.276 e. The molecule has 11 heteroatoms. The van der Waals surface area contributed by atoms with Crippen LogP contribution >= 0.6 is 11.6 Å². The lowest BCUT2D eigenvalue weighted by molar-refractivity contribution is -0.119. The zero-order chi connectivity index (χ0) is 20.6. The molecule has 1 unspecified atom stereocenters. The van der Waals surface area contributed by atoms with Gasteiger partial charge in [0, 0.05) is 14.1 Å². The van der Waals surface area contributed by atoms with Crippen LogP contribution in [0.15, 0.2) is 18.6 Å². The molecular formula is C17H21ClN8O2. The third-order valence-corrected chi connectivity index (χ3v) is 5.00. The van der Waals surface area contributed by atoms with Crippen molar-refractivity contribution in [1.29, 1.82) is 0 Å². The minimum absolute atomic E-state index is 0.221. The fraction of sp³-hybridized carbons (Fsp3) is 0.353. The minimum Gasteiger partial charge on any atom is -0.321 e. The summed E-state index contributed by atoms with van der Waals surface area (Å²) in [6.45, 7) is 5.31. The van der Waals surface area contributed by atoms with Gasteiger partial charge in [0.1, 0.15) is 11.7 Å². The highest BCUT2D eigenvalue weighted by Crippen LogP contribution is 2.22. The van der Waals surface area contributed by atoms with Crippen LogP contribution in [0.3, 0.4) is 0 Å². The zero-order valence-electron chi connectivity index (χ0n) is 16.2. The van der Waals surface area contributed by atoms with Crippen LogP contribution in [0, 0.1) is 13.8 Å². The Morgan fingerprint density at radius 2 is 1.61 bits per heavy atom. The molecule has 0 saturated carbocycles. The summed E-state index contributed by atoms with van der Waals surface area (Å²) in [6, 6.07) is -0.621. The van der Waals surface area contributed by atoms with Gasteiger partial charge in [0.25, 0.3) is 5.91 Å². The summed E-state index contributed by atoms with van der Waals surface area (Å²) < 4.78 is 4.57. The van der Waals surface area contributed by atoms with Crippen LogP contribution < -0.4 is 10.6 Å². The van der Waals surface area contributed by atoms with E-state index >= 15 is 0 Å². The minimum atomic E-state index is -0.621. The van der Waals surface area contributed by atoms with Crippen LogP contribution in [0.25, 0.3) is 0 Å². The zero-order valence-corrected chi connectivity index (χ0v) is 16.9. The largest absolute Gasteiger partial charge is 0.321 e. The average Bonchev–Trinajstić information content (AvgIpc) is 3.28. The molecule has 0 radical (unpaired) electrons. The van der Waals surface area contributed by atoms with Crippen molar-refractivity contribution in [3.05, 3.63) is 40.7 Å². The Morgan fingerprint density at radius 1 is 0.964 bits per heavy atom. The lowest BCUT2D eigenvalue weighted by Crippen LogP contribution is -2.26. The predicted molar refractivity (Wildman–Crippen MR) is 104 cm³/mol. The molecule has 2 N–H and O–H groups in total. The third kappa shape index (κ3) is 3.50. The molecule has 0 aliphatic heterocycles. The second-order valence-corrected chi connectivity index (χ2v) is 6.85. The molecule has 3 heterocycles. The van der Waals surface area contributed by atoms with Crippen molar-refractivity contribution in [2.45, 2.75) is 26.8 Å². The first-order chi connectivity index (χ1) is 13.2. The van der Waals surface area contributed by atoms with Crippen LogP contribution in [0.4, 0.5) is 11.4 Å². The van der Waals surface area contributed by atoms with Gasteiger partial charge in [-0.1, -0.05) is 11.6 Å². The molecule has 0 aliphatic rings.